The van der Waals surface area contributed by atoms with Crippen molar-refractivity contribution in [2.45, 2.75) is 0 Å². The van der Waals surface area contributed by atoms with Crippen molar-refractivity contribution < 1.29 is 23.9 Å². The highest BCUT2D eigenvalue weighted by atomic mass is 16.5. The number of imide groups is 1. The van der Waals surface area contributed by atoms with E-state index in [2.05, 4.69) is 5.32 Å². The van der Waals surface area contributed by atoms with Gasteiger partial charge in [0.15, 0.2) is 0 Å². The summed E-state index contributed by atoms with van der Waals surface area (Å²) in [5.74, 6) is -1.18. The maximum atomic E-state index is 12.7. The molecular formula is C20H19N3O5. The van der Waals surface area contributed by atoms with E-state index in [9.17, 15) is 19.2 Å². The number of nitrogens with one attached hydrogen (secondary N) is 1. The Morgan fingerprint density at radius 2 is 1.61 bits per heavy atom. The number of nitrogens with zero attached hydrogens (tertiary/aromatic N) is 2. The third-order valence-electron chi connectivity index (χ3n) is 4.45. The van der Waals surface area contributed by atoms with Crippen LogP contribution in [0.1, 0.15) is 41.4 Å². The molecule has 1 aliphatic heterocycles. The van der Waals surface area contributed by atoms with Crippen LogP contribution in [-0.2, 0) is 0 Å². The number of ether oxygens (including phenoxy) is 1. The number of rotatable bonds is 4. The highest BCUT2D eigenvalue weighted by Gasteiger charge is 2.33. The molecule has 1 heterocycles. The summed E-state index contributed by atoms with van der Waals surface area (Å²) in [4.78, 5) is 51.4. The first kappa shape index (κ1) is 19.1. The SMILES string of the molecule is COc1ccc(C(=O)N(C)C)cc1NC(=O)c1ccc2c(c1)C(=O)N(C)C2=O. The molecule has 0 spiro atoms. The third-order valence-corrected chi connectivity index (χ3v) is 4.45. The van der Waals surface area contributed by atoms with E-state index in [1.54, 1.807) is 26.2 Å². The molecule has 0 aromatic heterocycles. The van der Waals surface area contributed by atoms with Gasteiger partial charge in [-0.05, 0) is 36.4 Å². The van der Waals surface area contributed by atoms with Gasteiger partial charge in [0.2, 0.25) is 0 Å². The summed E-state index contributed by atoms with van der Waals surface area (Å²) in [5.41, 5.74) is 1.36. The highest BCUT2D eigenvalue weighted by molar-refractivity contribution is 6.22. The average molecular weight is 381 g/mol. The average Bonchev–Trinajstić information content (AvgIpc) is 2.91. The van der Waals surface area contributed by atoms with Crippen molar-refractivity contribution in [1.82, 2.24) is 9.80 Å². The molecule has 0 fully saturated rings. The number of benzene rings is 2. The lowest BCUT2D eigenvalue weighted by atomic mass is 10.0. The Kier molecular flexibility index (Phi) is 4.87. The van der Waals surface area contributed by atoms with Gasteiger partial charge in [0.1, 0.15) is 5.75 Å². The van der Waals surface area contributed by atoms with Crippen molar-refractivity contribution in [3.05, 3.63) is 58.7 Å². The molecule has 1 aliphatic rings. The molecule has 1 N–H and O–H groups in total. The smallest absolute Gasteiger partial charge is 0.261 e. The Morgan fingerprint density at radius 1 is 0.964 bits per heavy atom. The van der Waals surface area contributed by atoms with Gasteiger partial charge in [0.05, 0.1) is 23.9 Å². The summed E-state index contributed by atoms with van der Waals surface area (Å²) in [6.45, 7) is 0. The maximum Gasteiger partial charge on any atom is 0.261 e. The number of fused-ring (bicyclic) bond motifs is 1. The van der Waals surface area contributed by atoms with Gasteiger partial charge in [0.25, 0.3) is 23.6 Å². The van der Waals surface area contributed by atoms with Crippen LogP contribution in [0.4, 0.5) is 5.69 Å². The molecular weight excluding hydrogens is 362 g/mol. The molecule has 0 saturated carbocycles. The van der Waals surface area contributed by atoms with Gasteiger partial charge in [-0.2, -0.15) is 0 Å². The van der Waals surface area contributed by atoms with Crippen molar-refractivity contribution in [2.75, 3.05) is 33.6 Å². The zero-order chi connectivity index (χ0) is 20.6. The van der Waals surface area contributed by atoms with Crippen molar-refractivity contribution in [3.63, 3.8) is 0 Å². The normalized spacial score (nSPS) is 12.6. The zero-order valence-electron chi connectivity index (χ0n) is 15.9. The van der Waals surface area contributed by atoms with Crippen LogP contribution in [0.3, 0.4) is 0 Å². The van der Waals surface area contributed by atoms with Gasteiger partial charge in [0, 0.05) is 32.3 Å². The Hall–Kier alpha value is -3.68. The van der Waals surface area contributed by atoms with Gasteiger partial charge in [-0.25, -0.2) is 0 Å². The quantitative estimate of drug-likeness (QED) is 0.816. The second-order valence-electron chi connectivity index (χ2n) is 6.50. The van der Waals surface area contributed by atoms with E-state index in [-0.39, 0.29) is 22.6 Å². The van der Waals surface area contributed by atoms with Crippen LogP contribution in [0.2, 0.25) is 0 Å². The minimum Gasteiger partial charge on any atom is -0.495 e. The first-order valence-corrected chi connectivity index (χ1v) is 8.42. The molecule has 3 rings (SSSR count). The van der Waals surface area contributed by atoms with Crippen LogP contribution >= 0.6 is 0 Å². The molecule has 4 amide bonds. The Bertz CT molecular complexity index is 1010. The van der Waals surface area contributed by atoms with E-state index in [4.69, 9.17) is 4.74 Å². The summed E-state index contributed by atoms with van der Waals surface area (Å²) >= 11 is 0. The topological polar surface area (TPSA) is 96.0 Å². The fourth-order valence-electron chi connectivity index (χ4n) is 2.89. The summed E-state index contributed by atoms with van der Waals surface area (Å²) in [6.07, 6.45) is 0. The lowest BCUT2D eigenvalue weighted by molar-refractivity contribution is 0.0692. The number of anilines is 1. The first-order valence-electron chi connectivity index (χ1n) is 8.42. The number of carbonyl (C=O) groups excluding carboxylic acids is 4. The van der Waals surface area contributed by atoms with Gasteiger partial charge >= 0.3 is 0 Å². The molecule has 0 aliphatic carbocycles. The highest BCUT2D eigenvalue weighted by Crippen LogP contribution is 2.28. The number of carbonyl (C=O) groups is 4. The van der Waals surface area contributed by atoms with Crippen LogP contribution in [-0.4, -0.2) is 61.7 Å². The fraction of sp³-hybridized carbons (Fsp3) is 0.200. The van der Waals surface area contributed by atoms with Crippen LogP contribution in [0.15, 0.2) is 36.4 Å². The Morgan fingerprint density at radius 3 is 2.25 bits per heavy atom. The molecule has 0 radical (unpaired) electrons. The standard InChI is InChI=1S/C20H19N3O5/c1-22(2)18(25)12-6-8-16(28-4)15(10-12)21-17(24)11-5-7-13-14(9-11)20(27)23(3)19(13)26/h5-10H,1-4H3,(H,21,24). The molecule has 144 valence electrons. The van der Waals surface area contributed by atoms with Crippen molar-refractivity contribution in [3.8, 4) is 5.75 Å². The molecule has 2 aromatic carbocycles. The number of amides is 4. The first-order chi connectivity index (χ1) is 13.2. The molecule has 28 heavy (non-hydrogen) atoms. The second-order valence-corrected chi connectivity index (χ2v) is 6.50. The third kappa shape index (κ3) is 3.20. The van der Waals surface area contributed by atoms with E-state index in [0.717, 1.165) is 4.90 Å². The Labute approximate surface area is 161 Å². The largest absolute Gasteiger partial charge is 0.495 e. The predicted molar refractivity (Wildman–Crippen MR) is 102 cm³/mol. The van der Waals surface area contributed by atoms with Crippen LogP contribution < -0.4 is 10.1 Å². The van der Waals surface area contributed by atoms with Crippen molar-refractivity contribution in [1.29, 1.82) is 0 Å². The minimum atomic E-state index is -0.495. The monoisotopic (exact) mass is 381 g/mol. The van der Waals surface area contributed by atoms with Gasteiger partial charge < -0.3 is 15.0 Å². The van der Waals surface area contributed by atoms with Crippen LogP contribution in [0, 0.1) is 0 Å². The van der Waals surface area contributed by atoms with Crippen LogP contribution in [0.5, 0.6) is 5.75 Å². The summed E-state index contributed by atoms with van der Waals surface area (Å²) in [5, 5.41) is 2.70. The van der Waals surface area contributed by atoms with E-state index in [1.165, 1.54) is 43.3 Å². The number of hydrogen-bond donors (Lipinski definition) is 1. The van der Waals surface area contributed by atoms with E-state index < -0.39 is 17.7 Å². The summed E-state index contributed by atoms with van der Waals surface area (Å²) in [6, 6.07) is 9.03. The second kappa shape index (κ2) is 7.15. The lowest BCUT2D eigenvalue weighted by Gasteiger charge is -2.14. The Balaban J connectivity index is 1.92. The minimum absolute atomic E-state index is 0.184. The molecule has 0 bridgehead atoms. The van der Waals surface area contributed by atoms with Gasteiger partial charge in [-0.1, -0.05) is 0 Å². The van der Waals surface area contributed by atoms with Crippen molar-refractivity contribution >= 4 is 29.3 Å². The zero-order valence-corrected chi connectivity index (χ0v) is 15.9. The molecule has 8 nitrogen and oxygen atoms in total. The molecule has 0 unspecified atom stereocenters. The molecule has 0 saturated heterocycles. The number of methoxy groups -OCH3 is 1. The fourth-order valence-corrected chi connectivity index (χ4v) is 2.89. The van der Waals surface area contributed by atoms with E-state index >= 15 is 0 Å². The van der Waals surface area contributed by atoms with E-state index in [1.807, 2.05) is 0 Å². The summed E-state index contributed by atoms with van der Waals surface area (Å²) in [7, 11) is 6.10. The molecule has 8 heteroatoms. The van der Waals surface area contributed by atoms with E-state index in [0.29, 0.717) is 17.0 Å². The maximum absolute atomic E-state index is 12.7. The molecule has 0 atom stereocenters. The van der Waals surface area contributed by atoms with Gasteiger partial charge in [-0.15, -0.1) is 0 Å². The number of hydrogen-bond acceptors (Lipinski definition) is 5. The van der Waals surface area contributed by atoms with Gasteiger partial charge in [-0.3, -0.25) is 24.1 Å². The van der Waals surface area contributed by atoms with Crippen LogP contribution in [0.25, 0.3) is 0 Å². The van der Waals surface area contributed by atoms with Crippen molar-refractivity contribution in [2.24, 2.45) is 0 Å². The summed E-state index contributed by atoms with van der Waals surface area (Å²) < 4.78 is 5.25. The molecule has 2 aromatic rings. The lowest BCUT2D eigenvalue weighted by Crippen LogP contribution is -2.24. The predicted octanol–water partition coefficient (Wildman–Crippen LogP) is 1.88.